The highest BCUT2D eigenvalue weighted by atomic mass is 32.2. The molecule has 0 radical (unpaired) electrons. The molecule has 40 heavy (non-hydrogen) atoms. The first kappa shape index (κ1) is 28.4. The second kappa shape index (κ2) is 11.8. The molecular weight excluding hydrogens is 541 g/mol. The van der Waals surface area contributed by atoms with Crippen molar-refractivity contribution in [3.05, 3.63) is 36.0 Å². The number of rotatable bonds is 10. The second-order valence-corrected chi connectivity index (χ2v) is 12.6. The number of aliphatic hydroxyl groups excluding tert-OH is 1. The van der Waals surface area contributed by atoms with Crippen LogP contribution in [-0.4, -0.2) is 82.5 Å². The maximum absolute atomic E-state index is 13.4. The molecule has 11 nitrogen and oxygen atoms in total. The molecular formula is C27H36FN5O6S. The Morgan fingerprint density at radius 3 is 2.62 bits per heavy atom. The highest BCUT2D eigenvalue weighted by molar-refractivity contribution is 7.92. The van der Waals surface area contributed by atoms with Gasteiger partial charge in [0.05, 0.1) is 42.1 Å². The maximum atomic E-state index is 13.4. The predicted molar refractivity (Wildman–Crippen MR) is 150 cm³/mol. The van der Waals surface area contributed by atoms with Crippen LogP contribution in [0.25, 0.3) is 0 Å². The van der Waals surface area contributed by atoms with E-state index >= 15 is 0 Å². The van der Waals surface area contributed by atoms with Gasteiger partial charge >= 0.3 is 0 Å². The van der Waals surface area contributed by atoms with Crippen LogP contribution in [-0.2, 0) is 14.8 Å². The van der Waals surface area contributed by atoms with Crippen molar-refractivity contribution >= 4 is 38.8 Å². The first-order valence-corrected chi connectivity index (χ1v) is 15.2. The van der Waals surface area contributed by atoms with Crippen molar-refractivity contribution in [2.45, 2.75) is 38.7 Å². The molecule has 2 aromatic rings. The van der Waals surface area contributed by atoms with Crippen molar-refractivity contribution in [1.82, 2.24) is 4.98 Å². The Morgan fingerprint density at radius 2 is 1.95 bits per heavy atom. The second-order valence-electron chi connectivity index (χ2n) is 10.7. The standard InChI is InChI=1S/C27H36FN5O6S/c1-19-17-33(12-14-38-19)25-24(39-18-28)5-4-22(29-25)26(35)30-21-3-2-20(31-40(36,37)15-13-34)16-23(21)32-10-8-27(6-7-27)9-11-32/h2-5,16,19,31,34H,6-15,17-18H2,1H3,(H,30,35)/t19-/m0/s1. The van der Waals surface area contributed by atoms with Gasteiger partial charge in [0.1, 0.15) is 5.69 Å². The normalized spacial score (nSPS) is 20.3. The lowest BCUT2D eigenvalue weighted by Crippen LogP contribution is -2.42. The van der Waals surface area contributed by atoms with E-state index < -0.39 is 35.2 Å². The number of carbonyl (C=O) groups is 1. The van der Waals surface area contributed by atoms with Crippen molar-refractivity contribution in [3.63, 3.8) is 0 Å². The summed E-state index contributed by atoms with van der Waals surface area (Å²) in [4.78, 5) is 22.1. The molecule has 3 fully saturated rings. The third kappa shape index (κ3) is 6.58. The van der Waals surface area contributed by atoms with E-state index in [0.717, 1.165) is 25.9 Å². The zero-order valence-corrected chi connectivity index (χ0v) is 23.4. The fourth-order valence-corrected chi connectivity index (χ4v) is 6.20. The van der Waals surface area contributed by atoms with Crippen LogP contribution in [0, 0.1) is 5.41 Å². The van der Waals surface area contributed by atoms with Gasteiger partial charge in [-0.15, -0.1) is 0 Å². The summed E-state index contributed by atoms with van der Waals surface area (Å²) in [6.07, 6.45) is 4.51. The smallest absolute Gasteiger partial charge is 0.274 e. The summed E-state index contributed by atoms with van der Waals surface area (Å²) in [7, 11) is -3.72. The van der Waals surface area contributed by atoms with Crippen LogP contribution in [0.4, 0.5) is 27.3 Å². The van der Waals surface area contributed by atoms with Crippen molar-refractivity contribution in [2.75, 3.05) is 71.8 Å². The monoisotopic (exact) mass is 577 g/mol. The molecule has 1 spiro atoms. The number of nitrogens with one attached hydrogen (secondary N) is 2. The quantitative estimate of drug-likeness (QED) is 0.390. The van der Waals surface area contributed by atoms with Crippen LogP contribution >= 0.6 is 0 Å². The predicted octanol–water partition coefficient (Wildman–Crippen LogP) is 2.98. The van der Waals surface area contributed by atoms with E-state index in [1.165, 1.54) is 25.0 Å². The molecule has 5 rings (SSSR count). The van der Waals surface area contributed by atoms with E-state index in [0.29, 0.717) is 48.0 Å². The van der Waals surface area contributed by atoms with E-state index in [4.69, 9.17) is 14.6 Å². The zero-order valence-electron chi connectivity index (χ0n) is 22.6. The van der Waals surface area contributed by atoms with Gasteiger partial charge in [-0.05, 0) is 68.4 Å². The van der Waals surface area contributed by atoms with Crippen LogP contribution in [0.1, 0.15) is 43.1 Å². The molecule has 3 heterocycles. The third-order valence-electron chi connectivity index (χ3n) is 7.82. The number of aromatic nitrogens is 1. The number of aliphatic hydroxyl groups is 1. The van der Waals surface area contributed by atoms with E-state index in [-0.39, 0.29) is 17.5 Å². The Hall–Kier alpha value is -3.16. The number of alkyl halides is 1. The zero-order chi connectivity index (χ0) is 28.3. The number of benzene rings is 1. The molecule has 2 saturated heterocycles. The number of anilines is 4. The van der Waals surface area contributed by atoms with Crippen molar-refractivity contribution in [2.24, 2.45) is 5.41 Å². The number of sulfonamides is 1. The Labute approximate surface area is 233 Å². The number of ether oxygens (including phenoxy) is 2. The van der Waals surface area contributed by atoms with Gasteiger partial charge in [0.2, 0.25) is 16.9 Å². The van der Waals surface area contributed by atoms with Crippen LogP contribution in [0.15, 0.2) is 30.3 Å². The molecule has 0 bridgehead atoms. The van der Waals surface area contributed by atoms with Crippen molar-refractivity contribution in [3.8, 4) is 5.75 Å². The lowest BCUT2D eigenvalue weighted by atomic mass is 9.93. The Bertz CT molecular complexity index is 1330. The summed E-state index contributed by atoms with van der Waals surface area (Å²) in [6.45, 7) is 3.54. The van der Waals surface area contributed by atoms with Crippen molar-refractivity contribution in [1.29, 1.82) is 0 Å². The molecule has 218 valence electrons. The van der Waals surface area contributed by atoms with Gasteiger partial charge in [0.15, 0.2) is 11.6 Å². The van der Waals surface area contributed by atoms with E-state index in [2.05, 4.69) is 19.9 Å². The highest BCUT2D eigenvalue weighted by Gasteiger charge is 2.44. The Balaban J connectivity index is 1.41. The average Bonchev–Trinajstić information content (AvgIpc) is 3.68. The topological polar surface area (TPSA) is 133 Å². The van der Waals surface area contributed by atoms with Gasteiger partial charge in [0, 0.05) is 26.2 Å². The van der Waals surface area contributed by atoms with Gasteiger partial charge in [-0.2, -0.15) is 0 Å². The van der Waals surface area contributed by atoms with Crippen LogP contribution in [0.3, 0.4) is 0 Å². The minimum absolute atomic E-state index is 0.0542. The molecule has 1 amide bonds. The molecule has 2 aliphatic heterocycles. The third-order valence-corrected chi connectivity index (χ3v) is 9.09. The lowest BCUT2D eigenvalue weighted by molar-refractivity contribution is 0.0526. The maximum Gasteiger partial charge on any atom is 0.274 e. The number of morpholine rings is 1. The SMILES string of the molecule is C[C@H]1CN(c2nc(C(=O)Nc3ccc(NS(=O)(=O)CCO)cc3N3CCC4(CC3)CC4)ccc2OCF)CCO1. The van der Waals surface area contributed by atoms with Gasteiger partial charge in [-0.1, -0.05) is 0 Å². The fourth-order valence-electron chi connectivity index (χ4n) is 5.37. The largest absolute Gasteiger partial charge is 0.459 e. The van der Waals surface area contributed by atoms with E-state index in [1.807, 2.05) is 11.8 Å². The summed E-state index contributed by atoms with van der Waals surface area (Å²) < 4.78 is 50.9. The number of nitrogens with zero attached hydrogens (tertiary/aromatic N) is 3. The minimum Gasteiger partial charge on any atom is -0.459 e. The molecule has 1 aliphatic carbocycles. The van der Waals surface area contributed by atoms with Crippen molar-refractivity contribution < 1.29 is 32.2 Å². The number of amides is 1. The molecule has 3 N–H and O–H groups in total. The molecule has 3 aliphatic rings. The van der Waals surface area contributed by atoms with Gasteiger partial charge < -0.3 is 29.7 Å². The Morgan fingerprint density at radius 1 is 1.18 bits per heavy atom. The summed E-state index contributed by atoms with van der Waals surface area (Å²) in [6, 6.07) is 7.98. The molecule has 0 unspecified atom stereocenters. The number of pyridine rings is 1. The van der Waals surface area contributed by atoms with Gasteiger partial charge in [0.25, 0.3) is 5.91 Å². The summed E-state index contributed by atoms with van der Waals surface area (Å²) in [5.74, 6) is -0.249. The molecule has 1 aromatic carbocycles. The molecule has 1 saturated carbocycles. The fraction of sp³-hybridized carbons (Fsp3) is 0.556. The van der Waals surface area contributed by atoms with E-state index in [9.17, 15) is 17.6 Å². The summed E-state index contributed by atoms with van der Waals surface area (Å²) in [5.41, 5.74) is 2.14. The number of hydrogen-bond donors (Lipinski definition) is 3. The van der Waals surface area contributed by atoms with E-state index in [1.54, 1.807) is 18.2 Å². The first-order valence-electron chi connectivity index (χ1n) is 13.6. The molecule has 13 heteroatoms. The van der Waals surface area contributed by atoms with Gasteiger partial charge in [-0.3, -0.25) is 9.52 Å². The molecule has 1 atom stereocenters. The average molecular weight is 578 g/mol. The van der Waals surface area contributed by atoms with Crippen LogP contribution < -0.4 is 24.6 Å². The number of piperidine rings is 1. The van der Waals surface area contributed by atoms with Crippen LogP contribution in [0.5, 0.6) is 5.75 Å². The first-order chi connectivity index (χ1) is 19.2. The molecule has 1 aromatic heterocycles. The summed E-state index contributed by atoms with van der Waals surface area (Å²) in [5, 5.41) is 12.0. The number of hydrogen-bond acceptors (Lipinski definition) is 9. The van der Waals surface area contributed by atoms with Crippen LogP contribution in [0.2, 0.25) is 0 Å². The minimum atomic E-state index is -3.72. The lowest BCUT2D eigenvalue weighted by Gasteiger charge is -2.35. The summed E-state index contributed by atoms with van der Waals surface area (Å²) >= 11 is 0. The highest BCUT2D eigenvalue weighted by Crippen LogP contribution is 2.54. The van der Waals surface area contributed by atoms with Gasteiger partial charge in [-0.25, -0.2) is 17.8 Å². The number of carbonyl (C=O) groups excluding carboxylic acids is 1. The Kier molecular flexibility index (Phi) is 8.34. The number of halogens is 1.